The minimum Gasteiger partial charge on any atom is -0.325 e. The minimum absolute atomic E-state index is 0.120. The van der Waals surface area contributed by atoms with E-state index in [1.54, 1.807) is 12.1 Å². The molecule has 0 saturated carbocycles. The van der Waals surface area contributed by atoms with Crippen LogP contribution in [0.1, 0.15) is 21.7 Å². The Morgan fingerprint density at radius 1 is 1.24 bits per heavy atom. The van der Waals surface area contributed by atoms with Gasteiger partial charge in [0, 0.05) is 22.0 Å². The molecule has 0 radical (unpaired) electrons. The zero-order valence-corrected chi connectivity index (χ0v) is 12.4. The Kier molecular flexibility index (Phi) is 4.31. The predicted molar refractivity (Wildman–Crippen MR) is 83.1 cm³/mol. The Morgan fingerprint density at radius 2 is 2.05 bits per heavy atom. The van der Waals surface area contributed by atoms with E-state index in [4.69, 9.17) is 0 Å². The zero-order valence-electron chi connectivity index (χ0n) is 11.6. The number of anilines is 1. The quantitative estimate of drug-likeness (QED) is 0.891. The number of nitrogens with one attached hydrogen (secondary N) is 2. The van der Waals surface area contributed by atoms with Crippen LogP contribution < -0.4 is 10.6 Å². The van der Waals surface area contributed by atoms with Gasteiger partial charge in [0.15, 0.2) is 0 Å². The molecule has 1 heterocycles. The van der Waals surface area contributed by atoms with Gasteiger partial charge in [0.05, 0.1) is 6.54 Å². The van der Waals surface area contributed by atoms with Gasteiger partial charge in [-0.3, -0.25) is 4.79 Å². The number of carbonyl (C=O) groups is 1. The third kappa shape index (κ3) is 3.68. The second-order valence-electron chi connectivity index (χ2n) is 5.17. The highest BCUT2D eigenvalue weighted by Gasteiger charge is 2.14. The average Bonchev–Trinajstić information content (AvgIpc) is 3.02. The molecular weight excluding hydrogens is 287 g/mol. The van der Waals surface area contributed by atoms with Crippen molar-refractivity contribution in [2.75, 3.05) is 11.9 Å². The Labute approximate surface area is 127 Å². The first-order valence-electron chi connectivity index (χ1n) is 7.07. The van der Waals surface area contributed by atoms with Gasteiger partial charge in [0.25, 0.3) is 0 Å². The highest BCUT2D eigenvalue weighted by atomic mass is 32.1. The number of benzene rings is 1. The number of hydrogen-bond acceptors (Lipinski definition) is 3. The minimum atomic E-state index is -0.308. The molecule has 3 nitrogen and oxygen atoms in total. The summed E-state index contributed by atoms with van der Waals surface area (Å²) in [5, 5.41) is 5.88. The van der Waals surface area contributed by atoms with Crippen LogP contribution in [0.15, 0.2) is 30.3 Å². The van der Waals surface area contributed by atoms with E-state index < -0.39 is 0 Å². The third-order valence-corrected chi connectivity index (χ3v) is 4.75. The molecule has 5 heteroatoms. The first-order chi connectivity index (χ1) is 10.2. The van der Waals surface area contributed by atoms with Gasteiger partial charge < -0.3 is 10.6 Å². The van der Waals surface area contributed by atoms with Gasteiger partial charge in [-0.1, -0.05) is 0 Å². The topological polar surface area (TPSA) is 41.1 Å². The molecular formula is C16H17FN2OS. The van der Waals surface area contributed by atoms with Crippen molar-refractivity contribution in [3.05, 3.63) is 51.5 Å². The lowest BCUT2D eigenvalue weighted by Crippen LogP contribution is -2.27. The van der Waals surface area contributed by atoms with Gasteiger partial charge in [-0.2, -0.15) is 0 Å². The first-order valence-corrected chi connectivity index (χ1v) is 7.89. The predicted octanol–water partition coefficient (Wildman–Crippen LogP) is 3.10. The third-order valence-electron chi connectivity index (χ3n) is 3.51. The summed E-state index contributed by atoms with van der Waals surface area (Å²) in [5.74, 6) is -0.428. The van der Waals surface area contributed by atoms with Gasteiger partial charge in [-0.15, -0.1) is 11.3 Å². The van der Waals surface area contributed by atoms with E-state index in [2.05, 4.69) is 16.7 Å². The van der Waals surface area contributed by atoms with E-state index in [1.807, 2.05) is 11.3 Å². The molecule has 0 atom stereocenters. The average molecular weight is 304 g/mol. The zero-order chi connectivity index (χ0) is 14.7. The molecule has 21 heavy (non-hydrogen) atoms. The highest BCUT2D eigenvalue weighted by molar-refractivity contribution is 7.12. The van der Waals surface area contributed by atoms with Crippen LogP contribution in [0.25, 0.3) is 0 Å². The lowest BCUT2D eigenvalue weighted by Gasteiger charge is -2.06. The van der Waals surface area contributed by atoms with Crippen LogP contribution in [0.4, 0.5) is 10.1 Å². The number of aryl methyl sites for hydroxylation is 2. The molecule has 1 aromatic heterocycles. The summed E-state index contributed by atoms with van der Waals surface area (Å²) >= 11 is 1.84. The van der Waals surface area contributed by atoms with Crippen molar-refractivity contribution in [3.63, 3.8) is 0 Å². The second-order valence-corrected chi connectivity index (χ2v) is 6.39. The van der Waals surface area contributed by atoms with E-state index in [0.717, 1.165) is 0 Å². The monoisotopic (exact) mass is 304 g/mol. The molecule has 3 rings (SSSR count). The Hall–Kier alpha value is -1.72. The van der Waals surface area contributed by atoms with E-state index >= 15 is 0 Å². The number of carbonyl (C=O) groups excluding carboxylic acids is 1. The molecule has 110 valence electrons. The van der Waals surface area contributed by atoms with Crippen LogP contribution >= 0.6 is 11.3 Å². The number of fused-ring (bicyclic) bond motifs is 1. The van der Waals surface area contributed by atoms with Gasteiger partial charge in [-0.25, -0.2) is 4.39 Å². The van der Waals surface area contributed by atoms with Crippen molar-refractivity contribution in [3.8, 4) is 0 Å². The summed E-state index contributed by atoms with van der Waals surface area (Å²) in [6, 6.07) is 8.01. The molecule has 0 saturated heterocycles. The first kappa shape index (κ1) is 14.2. The second kappa shape index (κ2) is 6.37. The maximum Gasteiger partial charge on any atom is 0.238 e. The Bertz CT molecular complexity index is 615. The van der Waals surface area contributed by atoms with Crippen LogP contribution in [-0.2, 0) is 24.2 Å². The van der Waals surface area contributed by atoms with Crippen molar-refractivity contribution >= 4 is 22.9 Å². The molecule has 0 unspecified atom stereocenters. The number of thiophene rings is 1. The normalized spacial score (nSPS) is 13.2. The fourth-order valence-corrected chi connectivity index (χ4v) is 3.75. The van der Waals surface area contributed by atoms with Gasteiger partial charge in [-0.05, 0) is 55.2 Å². The van der Waals surface area contributed by atoms with Crippen LogP contribution in [0.2, 0.25) is 0 Å². The molecule has 0 spiro atoms. The van der Waals surface area contributed by atoms with Crippen molar-refractivity contribution in [2.45, 2.75) is 25.8 Å². The molecule has 1 aliphatic rings. The SMILES string of the molecule is O=C(CNCc1cc2c(s1)CCC2)Nc1ccc(F)cc1. The Morgan fingerprint density at radius 3 is 2.81 bits per heavy atom. The molecule has 1 aromatic carbocycles. The van der Waals surface area contributed by atoms with Crippen LogP contribution in [0, 0.1) is 5.82 Å². The fourth-order valence-electron chi connectivity index (χ4n) is 2.52. The largest absolute Gasteiger partial charge is 0.325 e. The lowest BCUT2D eigenvalue weighted by molar-refractivity contribution is -0.115. The van der Waals surface area contributed by atoms with Crippen molar-refractivity contribution < 1.29 is 9.18 Å². The smallest absolute Gasteiger partial charge is 0.238 e. The maximum absolute atomic E-state index is 12.8. The highest BCUT2D eigenvalue weighted by Crippen LogP contribution is 2.30. The molecule has 2 N–H and O–H groups in total. The van der Waals surface area contributed by atoms with Gasteiger partial charge in [0.1, 0.15) is 5.82 Å². The molecule has 0 bridgehead atoms. The summed E-state index contributed by atoms with van der Waals surface area (Å²) < 4.78 is 12.8. The molecule has 0 fully saturated rings. The number of halogens is 1. The van der Waals surface area contributed by atoms with Crippen molar-refractivity contribution in [2.24, 2.45) is 0 Å². The summed E-state index contributed by atoms with van der Waals surface area (Å²) in [6.45, 7) is 0.967. The van der Waals surface area contributed by atoms with Gasteiger partial charge in [0.2, 0.25) is 5.91 Å². The maximum atomic E-state index is 12.8. The van der Waals surface area contributed by atoms with E-state index in [0.29, 0.717) is 12.2 Å². The summed E-state index contributed by atoms with van der Waals surface area (Å²) in [7, 11) is 0. The van der Waals surface area contributed by atoms with Crippen molar-refractivity contribution in [1.82, 2.24) is 5.32 Å². The molecule has 0 aliphatic heterocycles. The van der Waals surface area contributed by atoms with Crippen LogP contribution in [0.5, 0.6) is 0 Å². The van der Waals surface area contributed by atoms with E-state index in [-0.39, 0.29) is 18.3 Å². The fraction of sp³-hybridized carbons (Fsp3) is 0.312. The summed E-state index contributed by atoms with van der Waals surface area (Å²) in [4.78, 5) is 14.6. The number of amides is 1. The van der Waals surface area contributed by atoms with E-state index in [9.17, 15) is 9.18 Å². The van der Waals surface area contributed by atoms with Crippen molar-refractivity contribution in [1.29, 1.82) is 0 Å². The number of rotatable bonds is 5. The standard InChI is InChI=1S/C16H17FN2OS/c17-12-4-6-13(7-5-12)19-16(20)10-18-9-14-8-11-2-1-3-15(11)21-14/h4-8,18H,1-3,9-10H2,(H,19,20). The lowest BCUT2D eigenvalue weighted by atomic mass is 10.2. The van der Waals surface area contributed by atoms with E-state index in [1.165, 1.54) is 46.7 Å². The van der Waals surface area contributed by atoms with Gasteiger partial charge >= 0.3 is 0 Å². The van der Waals surface area contributed by atoms with Crippen LogP contribution in [0.3, 0.4) is 0 Å². The summed E-state index contributed by atoms with van der Waals surface area (Å²) in [5.41, 5.74) is 2.09. The molecule has 1 amide bonds. The van der Waals surface area contributed by atoms with Crippen LogP contribution in [-0.4, -0.2) is 12.5 Å². The number of hydrogen-bond donors (Lipinski definition) is 2. The Balaban J connectivity index is 1.44. The molecule has 2 aromatic rings. The molecule has 1 aliphatic carbocycles. The summed E-state index contributed by atoms with van der Waals surface area (Å²) in [6.07, 6.45) is 3.66.